The van der Waals surface area contributed by atoms with Crippen molar-refractivity contribution in [2.75, 3.05) is 16.9 Å². The Morgan fingerprint density at radius 2 is 2.00 bits per heavy atom. The molecule has 1 fully saturated rings. The molecule has 1 aromatic carbocycles. The maximum atomic E-state index is 5.99. The maximum Gasteiger partial charge on any atom is 0.163 e. The molecule has 0 radical (unpaired) electrons. The molecule has 0 amide bonds. The summed E-state index contributed by atoms with van der Waals surface area (Å²) in [5.41, 5.74) is 18.2. The summed E-state index contributed by atoms with van der Waals surface area (Å²) in [6, 6.07) is 10.8. The molecule has 3 aromatic heterocycles. The van der Waals surface area contributed by atoms with E-state index in [2.05, 4.69) is 49.3 Å². The first-order valence-electron chi connectivity index (χ1n) is 10.3. The number of hydrogen-bond acceptors (Lipinski definition) is 7. The van der Waals surface area contributed by atoms with E-state index in [1.165, 1.54) is 18.4 Å². The third kappa shape index (κ3) is 3.29. The van der Waals surface area contributed by atoms with E-state index in [0.717, 1.165) is 41.2 Å². The van der Waals surface area contributed by atoms with Crippen LogP contribution in [0.25, 0.3) is 21.9 Å². The third-order valence-corrected chi connectivity index (χ3v) is 6.34. The Kier molecular flexibility index (Phi) is 4.63. The number of nitrogens with two attached hydrogens (primary N) is 3. The van der Waals surface area contributed by atoms with E-state index in [1.54, 1.807) is 6.33 Å². The van der Waals surface area contributed by atoms with E-state index in [1.807, 2.05) is 12.1 Å². The first-order chi connectivity index (χ1) is 14.6. The zero-order valence-corrected chi connectivity index (χ0v) is 16.8. The lowest BCUT2D eigenvalue weighted by molar-refractivity contribution is 0.461. The molecular formula is C22H26N8. The Labute approximate surface area is 174 Å². The number of anilines is 3. The molecule has 0 saturated heterocycles. The van der Waals surface area contributed by atoms with Gasteiger partial charge in [0.2, 0.25) is 0 Å². The first-order valence-corrected chi connectivity index (χ1v) is 10.3. The highest BCUT2D eigenvalue weighted by Crippen LogP contribution is 2.39. The number of nitrogens with zero attached hydrogens (tertiary/aromatic N) is 4. The number of rotatable bonds is 5. The monoisotopic (exact) mass is 402 g/mol. The van der Waals surface area contributed by atoms with Gasteiger partial charge in [0.1, 0.15) is 17.8 Å². The van der Waals surface area contributed by atoms with E-state index < -0.39 is 0 Å². The van der Waals surface area contributed by atoms with Gasteiger partial charge in [-0.2, -0.15) is 0 Å². The van der Waals surface area contributed by atoms with E-state index in [4.69, 9.17) is 17.3 Å². The van der Waals surface area contributed by atoms with Crippen LogP contribution in [0.2, 0.25) is 0 Å². The normalized spacial score (nSPS) is 19.0. The lowest BCUT2D eigenvalue weighted by Crippen LogP contribution is -2.11. The van der Waals surface area contributed by atoms with Crippen molar-refractivity contribution in [2.45, 2.75) is 38.1 Å². The Balaban J connectivity index is 1.27. The smallest absolute Gasteiger partial charge is 0.163 e. The third-order valence-electron chi connectivity index (χ3n) is 6.34. The predicted octanol–water partition coefficient (Wildman–Crippen LogP) is 3.40. The molecule has 0 bridgehead atoms. The summed E-state index contributed by atoms with van der Waals surface area (Å²) in [7, 11) is 0. The first kappa shape index (κ1) is 18.6. The second kappa shape index (κ2) is 7.46. The Morgan fingerprint density at radius 1 is 1.10 bits per heavy atom. The molecule has 5 rings (SSSR count). The van der Waals surface area contributed by atoms with Crippen molar-refractivity contribution < 1.29 is 0 Å². The topological polar surface area (TPSA) is 134 Å². The van der Waals surface area contributed by atoms with E-state index in [0.29, 0.717) is 29.3 Å². The van der Waals surface area contributed by atoms with Crippen LogP contribution < -0.4 is 22.7 Å². The average Bonchev–Trinajstić information content (AvgIpc) is 3.39. The molecule has 8 nitrogen and oxygen atoms in total. The molecule has 30 heavy (non-hydrogen) atoms. The number of aryl methyl sites for hydroxylation is 1. The molecule has 0 aliphatic heterocycles. The zero-order chi connectivity index (χ0) is 20.7. The quantitative estimate of drug-likeness (QED) is 0.297. The summed E-state index contributed by atoms with van der Waals surface area (Å²) in [5, 5.41) is 1.97. The van der Waals surface area contributed by atoms with Gasteiger partial charge < -0.3 is 21.5 Å². The fraction of sp³-hybridized carbons (Fsp3) is 0.318. The van der Waals surface area contributed by atoms with Crippen molar-refractivity contribution in [3.63, 3.8) is 0 Å². The van der Waals surface area contributed by atoms with Crippen molar-refractivity contribution >= 4 is 39.3 Å². The average molecular weight is 403 g/mol. The molecule has 2 atom stereocenters. The van der Waals surface area contributed by atoms with Gasteiger partial charge in [-0.3, -0.25) is 0 Å². The van der Waals surface area contributed by atoms with Crippen LogP contribution in [-0.2, 0) is 6.42 Å². The van der Waals surface area contributed by atoms with Gasteiger partial charge in [0.25, 0.3) is 0 Å². The van der Waals surface area contributed by atoms with E-state index in [-0.39, 0.29) is 0 Å². The van der Waals surface area contributed by atoms with Gasteiger partial charge >= 0.3 is 0 Å². The van der Waals surface area contributed by atoms with Gasteiger partial charge in [0.05, 0.1) is 16.6 Å². The van der Waals surface area contributed by atoms with Crippen molar-refractivity contribution in [2.24, 2.45) is 11.8 Å². The molecular weight excluding hydrogens is 376 g/mol. The lowest BCUT2D eigenvalue weighted by Gasteiger charge is -2.14. The van der Waals surface area contributed by atoms with Crippen LogP contribution in [-0.4, -0.2) is 19.5 Å². The molecule has 7 N–H and O–H groups in total. The molecule has 0 spiro atoms. The Hall–Kier alpha value is -3.39. The van der Waals surface area contributed by atoms with Crippen LogP contribution in [0.1, 0.15) is 37.3 Å². The summed E-state index contributed by atoms with van der Waals surface area (Å²) in [4.78, 5) is 13.1. The highest BCUT2D eigenvalue weighted by molar-refractivity contribution is 5.87. The standard InChI is InChI=1S/C22H26N8/c23-18-11-15-5-3-14(10-19(15)28-21(18)29-25)2-1-13-4-6-16(9-13)30-8-7-17-20(24)26-12-27-22(17)30/h3,5,7-8,10-13,16H,1-2,4,6,9,23,25H2,(H,28,29)(H2,24,26,27). The minimum absolute atomic E-state index is 0.473. The minimum atomic E-state index is 0.473. The lowest BCUT2D eigenvalue weighted by atomic mass is 9.97. The number of nitrogens with one attached hydrogen (secondary N) is 1. The van der Waals surface area contributed by atoms with Crippen LogP contribution in [0.4, 0.5) is 17.3 Å². The number of hydrogen-bond donors (Lipinski definition) is 4. The molecule has 154 valence electrons. The predicted molar refractivity (Wildman–Crippen MR) is 121 cm³/mol. The van der Waals surface area contributed by atoms with Gasteiger partial charge in [-0.1, -0.05) is 12.1 Å². The second-order valence-corrected chi connectivity index (χ2v) is 8.19. The van der Waals surface area contributed by atoms with Gasteiger partial charge in [-0.15, -0.1) is 0 Å². The second-order valence-electron chi connectivity index (χ2n) is 8.19. The van der Waals surface area contributed by atoms with Gasteiger partial charge in [-0.05, 0) is 61.8 Å². The van der Waals surface area contributed by atoms with Crippen LogP contribution in [0, 0.1) is 5.92 Å². The highest BCUT2D eigenvalue weighted by atomic mass is 15.3. The van der Waals surface area contributed by atoms with Crippen molar-refractivity contribution in [3.8, 4) is 0 Å². The molecule has 1 saturated carbocycles. The molecule has 3 heterocycles. The van der Waals surface area contributed by atoms with Crippen molar-refractivity contribution in [1.82, 2.24) is 19.5 Å². The number of aromatic nitrogens is 4. The van der Waals surface area contributed by atoms with E-state index >= 15 is 0 Å². The number of hydrazine groups is 1. The number of nitrogen functional groups attached to an aromatic ring is 3. The number of pyridine rings is 1. The summed E-state index contributed by atoms with van der Waals surface area (Å²) in [6.45, 7) is 0. The molecule has 8 heteroatoms. The zero-order valence-electron chi connectivity index (χ0n) is 16.8. The molecule has 1 aliphatic rings. The largest absolute Gasteiger partial charge is 0.396 e. The summed E-state index contributed by atoms with van der Waals surface area (Å²) < 4.78 is 2.28. The van der Waals surface area contributed by atoms with Crippen LogP contribution >= 0.6 is 0 Å². The van der Waals surface area contributed by atoms with Crippen molar-refractivity contribution in [3.05, 3.63) is 48.4 Å². The van der Waals surface area contributed by atoms with Gasteiger partial charge in [-0.25, -0.2) is 20.8 Å². The minimum Gasteiger partial charge on any atom is -0.396 e. The summed E-state index contributed by atoms with van der Waals surface area (Å²) >= 11 is 0. The SMILES string of the molecule is NNc1nc2cc(CCC3CCC(n4ccc5c(N)ncnc54)C3)ccc2cc1N. The highest BCUT2D eigenvalue weighted by Gasteiger charge is 2.27. The fourth-order valence-corrected chi connectivity index (χ4v) is 4.72. The molecule has 4 aromatic rings. The van der Waals surface area contributed by atoms with Gasteiger partial charge in [0.15, 0.2) is 5.82 Å². The number of fused-ring (bicyclic) bond motifs is 2. The maximum absolute atomic E-state index is 5.99. The fourth-order valence-electron chi connectivity index (χ4n) is 4.72. The summed E-state index contributed by atoms with van der Waals surface area (Å²) in [5.74, 6) is 7.27. The van der Waals surface area contributed by atoms with Crippen molar-refractivity contribution in [1.29, 1.82) is 0 Å². The Bertz CT molecular complexity index is 1210. The molecule has 2 unspecified atom stereocenters. The molecule has 1 aliphatic carbocycles. The van der Waals surface area contributed by atoms with Crippen LogP contribution in [0.15, 0.2) is 42.9 Å². The van der Waals surface area contributed by atoms with Gasteiger partial charge in [0, 0.05) is 17.6 Å². The van der Waals surface area contributed by atoms with E-state index in [9.17, 15) is 0 Å². The summed E-state index contributed by atoms with van der Waals surface area (Å²) in [6.07, 6.45) is 9.41. The van der Waals surface area contributed by atoms with Crippen LogP contribution in [0.3, 0.4) is 0 Å². The number of benzene rings is 1. The van der Waals surface area contributed by atoms with Crippen LogP contribution in [0.5, 0.6) is 0 Å². The Morgan fingerprint density at radius 3 is 2.87 bits per heavy atom.